The molecule has 222 valence electrons. The van der Waals surface area contributed by atoms with E-state index in [0.717, 1.165) is 17.5 Å². The van der Waals surface area contributed by atoms with Gasteiger partial charge in [-0.2, -0.15) is 0 Å². The highest BCUT2D eigenvalue weighted by molar-refractivity contribution is 5.93. The highest BCUT2D eigenvalue weighted by atomic mass is 16.6. The van der Waals surface area contributed by atoms with Crippen LogP contribution in [-0.4, -0.2) is 65.5 Å². The molecule has 40 heavy (non-hydrogen) atoms. The Balaban J connectivity index is 2.50. The molecule has 0 bridgehead atoms. The molecule has 0 aromatic heterocycles. The van der Waals surface area contributed by atoms with Gasteiger partial charge in [-0.25, -0.2) is 4.79 Å². The molecular formula is C29H44N4O7. The predicted molar refractivity (Wildman–Crippen MR) is 149 cm³/mol. The summed E-state index contributed by atoms with van der Waals surface area (Å²) in [7, 11) is 0. The first-order valence-corrected chi connectivity index (χ1v) is 13.8. The van der Waals surface area contributed by atoms with Gasteiger partial charge in [0.15, 0.2) is 0 Å². The maximum Gasteiger partial charge on any atom is 0.408 e. The van der Waals surface area contributed by atoms with Gasteiger partial charge < -0.3 is 30.7 Å². The number of rotatable bonds is 13. The lowest BCUT2D eigenvalue weighted by molar-refractivity contribution is -0.148. The number of amides is 4. The van der Waals surface area contributed by atoms with Crippen molar-refractivity contribution >= 4 is 29.8 Å². The third-order valence-corrected chi connectivity index (χ3v) is 6.67. The van der Waals surface area contributed by atoms with E-state index in [9.17, 15) is 24.0 Å². The molecule has 0 spiro atoms. The first-order valence-electron chi connectivity index (χ1n) is 13.8. The van der Waals surface area contributed by atoms with Crippen LogP contribution in [0, 0.1) is 13.8 Å². The number of carbonyl (C=O) groups excluding carboxylic acids is 5. The Labute approximate surface area is 236 Å². The summed E-state index contributed by atoms with van der Waals surface area (Å²) in [4.78, 5) is 65.8. The Bertz CT molecular complexity index is 1060. The van der Waals surface area contributed by atoms with Gasteiger partial charge in [0.2, 0.25) is 17.7 Å². The molecule has 2 atom stereocenters. The summed E-state index contributed by atoms with van der Waals surface area (Å²) in [5, 5.41) is 5.41. The van der Waals surface area contributed by atoms with Crippen molar-refractivity contribution in [2.45, 2.75) is 104 Å². The topological polar surface area (TPSA) is 157 Å². The van der Waals surface area contributed by atoms with Crippen molar-refractivity contribution in [1.29, 1.82) is 0 Å². The van der Waals surface area contributed by atoms with Crippen molar-refractivity contribution in [3.05, 3.63) is 34.9 Å². The van der Waals surface area contributed by atoms with Crippen molar-refractivity contribution < 1.29 is 33.4 Å². The van der Waals surface area contributed by atoms with E-state index in [1.165, 1.54) is 4.90 Å². The standard InChI is InChI=1S/C29H44N4O7/c1-7-39-23(35)16-17-31-26(36)25(24-18(2)10-8-11-19(24)3)33(20-12-9-13-20)27(37)21(14-15-22(30)34)32-28(38)40-29(4,5)6/h8,10-11,20-21,25H,7,9,12-17H2,1-6H3,(H2,30,34)(H,31,36)(H,32,38). The maximum absolute atomic E-state index is 14.2. The Morgan fingerprint density at radius 3 is 2.20 bits per heavy atom. The van der Waals surface area contributed by atoms with Gasteiger partial charge in [0.1, 0.15) is 17.7 Å². The van der Waals surface area contributed by atoms with Gasteiger partial charge in [-0.15, -0.1) is 0 Å². The minimum Gasteiger partial charge on any atom is -0.466 e. The number of benzene rings is 1. The molecule has 1 aromatic carbocycles. The fraction of sp³-hybridized carbons (Fsp3) is 0.621. The van der Waals surface area contributed by atoms with Crippen LogP contribution < -0.4 is 16.4 Å². The van der Waals surface area contributed by atoms with Gasteiger partial charge >= 0.3 is 12.1 Å². The van der Waals surface area contributed by atoms with Crippen LogP contribution in [0.2, 0.25) is 0 Å². The third-order valence-electron chi connectivity index (χ3n) is 6.67. The Kier molecular flexibility index (Phi) is 11.9. The molecule has 0 heterocycles. The fourth-order valence-electron chi connectivity index (χ4n) is 4.63. The summed E-state index contributed by atoms with van der Waals surface area (Å²) in [5.74, 6) is -2.02. The van der Waals surface area contributed by atoms with Gasteiger partial charge in [0.05, 0.1) is 13.0 Å². The van der Waals surface area contributed by atoms with Crippen molar-refractivity contribution in [1.82, 2.24) is 15.5 Å². The molecule has 1 aromatic rings. The summed E-state index contributed by atoms with van der Waals surface area (Å²) in [6.07, 6.45) is 1.20. The lowest BCUT2D eigenvalue weighted by atomic mass is 9.86. The largest absolute Gasteiger partial charge is 0.466 e. The summed E-state index contributed by atoms with van der Waals surface area (Å²) < 4.78 is 10.3. The first kappa shape index (κ1) is 32.6. The van der Waals surface area contributed by atoms with Crippen molar-refractivity contribution in [2.75, 3.05) is 13.2 Å². The first-order chi connectivity index (χ1) is 18.7. The summed E-state index contributed by atoms with van der Waals surface area (Å²) in [6, 6.07) is 3.17. The molecule has 1 saturated carbocycles. The van der Waals surface area contributed by atoms with E-state index in [-0.39, 0.29) is 38.5 Å². The van der Waals surface area contributed by atoms with Crippen LogP contribution in [0.5, 0.6) is 0 Å². The molecule has 4 amide bonds. The van der Waals surface area contributed by atoms with Gasteiger partial charge in [0, 0.05) is 19.0 Å². The van der Waals surface area contributed by atoms with Crippen LogP contribution in [0.1, 0.15) is 89.0 Å². The zero-order valence-electron chi connectivity index (χ0n) is 24.5. The van der Waals surface area contributed by atoms with E-state index in [4.69, 9.17) is 15.2 Å². The van der Waals surface area contributed by atoms with Gasteiger partial charge in [-0.3, -0.25) is 19.2 Å². The van der Waals surface area contributed by atoms with Crippen LogP contribution >= 0.6 is 0 Å². The summed E-state index contributed by atoms with van der Waals surface area (Å²) in [6.45, 7) is 10.8. The molecular weight excluding hydrogens is 516 g/mol. The van der Waals surface area contributed by atoms with E-state index in [0.29, 0.717) is 18.4 Å². The van der Waals surface area contributed by atoms with Crippen LogP contribution in [0.25, 0.3) is 0 Å². The summed E-state index contributed by atoms with van der Waals surface area (Å²) in [5.41, 5.74) is 6.87. The number of aryl methyl sites for hydroxylation is 2. The number of nitrogens with one attached hydrogen (secondary N) is 2. The monoisotopic (exact) mass is 560 g/mol. The van der Waals surface area contributed by atoms with Gasteiger partial charge in [-0.05, 0) is 83.9 Å². The second kappa shape index (κ2) is 14.7. The highest BCUT2D eigenvalue weighted by Gasteiger charge is 2.42. The molecule has 11 heteroatoms. The minimum atomic E-state index is -1.15. The molecule has 1 fully saturated rings. The normalized spacial score (nSPS) is 14.8. The number of carbonyl (C=O) groups is 5. The second-order valence-electron chi connectivity index (χ2n) is 11.1. The smallest absolute Gasteiger partial charge is 0.408 e. The van der Waals surface area contributed by atoms with Gasteiger partial charge in [0.25, 0.3) is 0 Å². The Morgan fingerprint density at radius 1 is 1.07 bits per heavy atom. The molecule has 1 aliphatic rings. The lowest BCUT2D eigenvalue weighted by Gasteiger charge is -2.44. The van der Waals surface area contributed by atoms with Crippen LogP contribution in [0.3, 0.4) is 0 Å². The van der Waals surface area contributed by atoms with Crippen LogP contribution in [0.15, 0.2) is 18.2 Å². The number of esters is 1. The zero-order valence-corrected chi connectivity index (χ0v) is 24.5. The molecule has 2 unspecified atom stereocenters. The minimum absolute atomic E-state index is 0.0160. The zero-order chi connectivity index (χ0) is 30.0. The number of nitrogens with zero attached hydrogens (tertiary/aromatic N) is 1. The molecule has 0 aliphatic heterocycles. The molecule has 4 N–H and O–H groups in total. The third kappa shape index (κ3) is 9.53. The quantitative estimate of drug-likeness (QED) is 0.313. The van der Waals surface area contributed by atoms with E-state index >= 15 is 0 Å². The Hall–Kier alpha value is -3.63. The number of nitrogens with two attached hydrogens (primary N) is 1. The predicted octanol–water partition coefficient (Wildman–Crippen LogP) is 2.95. The fourth-order valence-corrected chi connectivity index (χ4v) is 4.63. The molecule has 2 rings (SSSR count). The molecule has 11 nitrogen and oxygen atoms in total. The number of alkyl carbamates (subject to hydrolysis) is 1. The van der Waals surface area contributed by atoms with E-state index in [1.54, 1.807) is 27.7 Å². The van der Waals surface area contributed by atoms with E-state index < -0.39 is 47.5 Å². The summed E-state index contributed by atoms with van der Waals surface area (Å²) >= 11 is 0. The number of ether oxygens (including phenoxy) is 2. The number of primary amides is 1. The van der Waals surface area contributed by atoms with Crippen molar-refractivity contribution in [3.8, 4) is 0 Å². The lowest BCUT2D eigenvalue weighted by Crippen LogP contribution is -2.58. The Morgan fingerprint density at radius 2 is 1.70 bits per heavy atom. The average molecular weight is 561 g/mol. The van der Waals surface area contributed by atoms with Crippen molar-refractivity contribution in [2.24, 2.45) is 5.73 Å². The number of hydrogen-bond acceptors (Lipinski definition) is 7. The van der Waals surface area contributed by atoms with E-state index in [2.05, 4.69) is 10.6 Å². The molecule has 0 radical (unpaired) electrons. The average Bonchev–Trinajstić information content (AvgIpc) is 2.80. The second-order valence-corrected chi connectivity index (χ2v) is 11.1. The van der Waals surface area contributed by atoms with Gasteiger partial charge in [-0.1, -0.05) is 18.2 Å². The SMILES string of the molecule is CCOC(=O)CCNC(=O)C(c1c(C)cccc1C)N(C(=O)C(CCC(N)=O)NC(=O)OC(C)(C)C)C1CCC1. The van der Waals surface area contributed by atoms with Crippen LogP contribution in [0.4, 0.5) is 4.79 Å². The van der Waals surface area contributed by atoms with Crippen molar-refractivity contribution in [3.63, 3.8) is 0 Å². The molecule has 0 saturated heterocycles. The molecule has 1 aliphatic carbocycles. The van der Waals surface area contributed by atoms with E-state index in [1.807, 2.05) is 32.0 Å². The van der Waals surface area contributed by atoms with Crippen LogP contribution in [-0.2, 0) is 28.7 Å². The number of hydrogen-bond donors (Lipinski definition) is 3. The highest BCUT2D eigenvalue weighted by Crippen LogP contribution is 2.36. The maximum atomic E-state index is 14.2.